The van der Waals surface area contributed by atoms with Gasteiger partial charge < -0.3 is 15.4 Å². The molecule has 200 valence electrons. The number of hydrogen-bond acceptors (Lipinski definition) is 6. The first-order valence-electron chi connectivity index (χ1n) is 11.6. The maximum atomic E-state index is 14.8. The summed E-state index contributed by atoms with van der Waals surface area (Å²) in [5.74, 6) is -4.75. The second-order valence-corrected chi connectivity index (χ2v) is 10.8. The first-order chi connectivity index (χ1) is 18.1. The molecule has 38 heavy (non-hydrogen) atoms. The molecule has 2 aliphatic rings. The second-order valence-electron chi connectivity index (χ2n) is 8.89. The summed E-state index contributed by atoms with van der Waals surface area (Å²) in [6, 6.07) is 5.81. The lowest BCUT2D eigenvalue weighted by Gasteiger charge is -2.26. The van der Waals surface area contributed by atoms with Gasteiger partial charge in [0.2, 0.25) is 15.9 Å². The monoisotopic (exact) mass is 549 g/mol. The summed E-state index contributed by atoms with van der Waals surface area (Å²) in [6.45, 7) is 0.394. The molecule has 1 atom stereocenters. The summed E-state index contributed by atoms with van der Waals surface area (Å²) in [7, 11) is -4.28. The maximum Gasteiger partial charge on any atom is 0.261 e. The van der Waals surface area contributed by atoms with Crippen LogP contribution in [-0.2, 0) is 32.5 Å². The maximum absolute atomic E-state index is 14.8. The molecule has 1 unspecified atom stereocenters. The zero-order valence-electron chi connectivity index (χ0n) is 19.8. The number of anilines is 2. The van der Waals surface area contributed by atoms with Crippen LogP contribution in [0, 0.1) is 23.4 Å². The largest absolute Gasteiger partial charge is 0.381 e. The minimum Gasteiger partial charge on any atom is -0.381 e. The Hall–Kier alpha value is -3.75. The van der Waals surface area contributed by atoms with Crippen molar-refractivity contribution >= 4 is 33.3 Å². The lowest BCUT2D eigenvalue weighted by atomic mass is 10.1. The van der Waals surface area contributed by atoms with E-state index in [0.717, 1.165) is 22.5 Å². The number of benzene rings is 2. The Kier molecular flexibility index (Phi) is 6.94. The molecular weight excluding hydrogens is 527 g/mol. The summed E-state index contributed by atoms with van der Waals surface area (Å²) in [6.07, 6.45) is 0.684. The van der Waals surface area contributed by atoms with Crippen molar-refractivity contribution in [2.45, 2.75) is 24.3 Å². The number of carbonyl (C=O) groups excluding carboxylic acids is 2. The normalized spacial score (nSPS) is 17.7. The fraction of sp³-hybridized carbons (Fsp3) is 0.292. The third-order valence-electron chi connectivity index (χ3n) is 6.40. The van der Waals surface area contributed by atoms with Crippen LogP contribution < -0.4 is 10.6 Å². The van der Waals surface area contributed by atoms with Crippen molar-refractivity contribution in [2.75, 3.05) is 30.4 Å². The molecule has 1 fully saturated rings. The minimum absolute atomic E-state index is 0.00256. The summed E-state index contributed by atoms with van der Waals surface area (Å²) < 4.78 is 74.4. The van der Waals surface area contributed by atoms with Gasteiger partial charge in [-0.05, 0) is 30.7 Å². The Morgan fingerprint density at radius 2 is 1.87 bits per heavy atom. The molecule has 2 aromatic carbocycles. The third-order valence-corrected chi connectivity index (χ3v) is 8.23. The number of sulfonamides is 1. The Morgan fingerprint density at radius 1 is 1.11 bits per heavy atom. The number of hydrogen-bond donors (Lipinski definition) is 3. The number of amides is 2. The Morgan fingerprint density at radius 3 is 2.58 bits per heavy atom. The average Bonchev–Trinajstić information content (AvgIpc) is 3.54. The molecule has 0 saturated carbocycles. The van der Waals surface area contributed by atoms with Crippen molar-refractivity contribution in [1.29, 1.82) is 0 Å². The van der Waals surface area contributed by atoms with Crippen LogP contribution >= 0.6 is 0 Å². The fourth-order valence-corrected chi connectivity index (χ4v) is 5.86. The van der Waals surface area contributed by atoms with Crippen LogP contribution in [0.25, 0.3) is 0 Å². The number of ether oxygens (including phenoxy) is 1. The van der Waals surface area contributed by atoms with Gasteiger partial charge in [0, 0.05) is 43.4 Å². The number of rotatable bonds is 6. The highest BCUT2D eigenvalue weighted by molar-refractivity contribution is 7.89. The van der Waals surface area contributed by atoms with Crippen molar-refractivity contribution in [2.24, 2.45) is 5.92 Å². The van der Waals surface area contributed by atoms with Gasteiger partial charge in [-0.1, -0.05) is 6.07 Å². The smallest absolute Gasteiger partial charge is 0.261 e. The molecule has 0 bridgehead atoms. The van der Waals surface area contributed by atoms with Gasteiger partial charge >= 0.3 is 0 Å². The van der Waals surface area contributed by atoms with Gasteiger partial charge in [-0.25, -0.2) is 21.6 Å². The number of aromatic nitrogens is 2. The van der Waals surface area contributed by atoms with Crippen LogP contribution in [0.4, 0.5) is 24.7 Å². The first-order valence-corrected chi connectivity index (χ1v) is 13.1. The second kappa shape index (κ2) is 10.2. The summed E-state index contributed by atoms with van der Waals surface area (Å²) in [5.41, 5.74) is 0.392. The molecule has 1 saturated heterocycles. The molecule has 3 N–H and O–H groups in total. The lowest BCUT2D eigenvalue weighted by Crippen LogP contribution is -2.36. The number of nitrogens with zero attached hydrogens (tertiary/aromatic N) is 2. The van der Waals surface area contributed by atoms with E-state index in [2.05, 4.69) is 20.8 Å². The molecule has 0 aliphatic carbocycles. The van der Waals surface area contributed by atoms with Crippen LogP contribution in [0.15, 0.2) is 41.3 Å². The van der Waals surface area contributed by atoms with E-state index in [1.807, 2.05) is 0 Å². The zero-order valence-corrected chi connectivity index (χ0v) is 20.6. The van der Waals surface area contributed by atoms with E-state index in [0.29, 0.717) is 30.4 Å². The SMILES string of the molecule is O=C(Nc1n[nH]c2c1CN(S(=O)(=O)c1cc(F)cc(F)c1)CC2)c1c(F)cccc1NC(=O)C1CCOC1. The molecule has 1 aromatic heterocycles. The number of halogens is 3. The van der Waals surface area contributed by atoms with Gasteiger partial charge in [0.15, 0.2) is 5.82 Å². The van der Waals surface area contributed by atoms with Crippen LogP contribution in [-0.4, -0.2) is 54.5 Å². The van der Waals surface area contributed by atoms with Crippen LogP contribution in [0.2, 0.25) is 0 Å². The molecular formula is C24H22F3N5O5S. The van der Waals surface area contributed by atoms with E-state index in [4.69, 9.17) is 4.74 Å². The molecule has 10 nitrogen and oxygen atoms in total. The van der Waals surface area contributed by atoms with Gasteiger partial charge in [0.1, 0.15) is 17.5 Å². The molecule has 3 aromatic rings. The topological polar surface area (TPSA) is 133 Å². The predicted octanol–water partition coefficient (Wildman–Crippen LogP) is 2.80. The predicted molar refractivity (Wildman–Crippen MR) is 128 cm³/mol. The number of aromatic amines is 1. The van der Waals surface area contributed by atoms with Gasteiger partial charge in [0.05, 0.1) is 28.7 Å². The zero-order chi connectivity index (χ0) is 27.0. The van der Waals surface area contributed by atoms with Crippen LogP contribution in [0.5, 0.6) is 0 Å². The third kappa shape index (κ3) is 5.01. The van der Waals surface area contributed by atoms with E-state index >= 15 is 0 Å². The molecule has 5 rings (SSSR count). The molecule has 2 amide bonds. The quantitative estimate of drug-likeness (QED) is 0.433. The number of carbonyl (C=O) groups is 2. The Bertz CT molecular complexity index is 1500. The molecule has 0 spiro atoms. The summed E-state index contributed by atoms with van der Waals surface area (Å²) >= 11 is 0. The molecule has 3 heterocycles. The van der Waals surface area contributed by atoms with Gasteiger partial charge in [0.25, 0.3) is 5.91 Å². The van der Waals surface area contributed by atoms with E-state index < -0.39 is 55.7 Å². The summed E-state index contributed by atoms with van der Waals surface area (Å²) in [5, 5.41) is 11.8. The number of nitrogens with one attached hydrogen (secondary N) is 3. The van der Waals surface area contributed by atoms with Gasteiger partial charge in [-0.15, -0.1) is 0 Å². The van der Waals surface area contributed by atoms with E-state index in [1.54, 1.807) is 0 Å². The number of fused-ring (bicyclic) bond motifs is 1. The van der Waals surface area contributed by atoms with Crippen molar-refractivity contribution in [3.63, 3.8) is 0 Å². The lowest BCUT2D eigenvalue weighted by molar-refractivity contribution is -0.119. The van der Waals surface area contributed by atoms with Gasteiger partial charge in [-0.2, -0.15) is 9.40 Å². The highest BCUT2D eigenvalue weighted by Crippen LogP contribution is 2.30. The minimum atomic E-state index is -4.28. The van der Waals surface area contributed by atoms with Crippen LogP contribution in [0.1, 0.15) is 28.0 Å². The van der Waals surface area contributed by atoms with Gasteiger partial charge in [-0.3, -0.25) is 14.7 Å². The number of H-pyrrole nitrogens is 1. The van der Waals surface area contributed by atoms with Crippen LogP contribution in [0.3, 0.4) is 0 Å². The Balaban J connectivity index is 1.38. The molecule has 14 heteroatoms. The molecule has 2 aliphatic heterocycles. The first kappa shape index (κ1) is 25.9. The van der Waals surface area contributed by atoms with Crippen molar-refractivity contribution in [3.05, 3.63) is 70.7 Å². The van der Waals surface area contributed by atoms with E-state index in [1.165, 1.54) is 12.1 Å². The highest BCUT2D eigenvalue weighted by atomic mass is 32.2. The fourth-order valence-electron chi connectivity index (χ4n) is 4.41. The highest BCUT2D eigenvalue weighted by Gasteiger charge is 2.33. The van der Waals surface area contributed by atoms with E-state index in [-0.39, 0.29) is 37.6 Å². The summed E-state index contributed by atoms with van der Waals surface area (Å²) in [4.78, 5) is 25.1. The Labute approximate surface area is 215 Å². The van der Waals surface area contributed by atoms with Crippen molar-refractivity contribution < 1.29 is 35.9 Å². The molecule has 0 radical (unpaired) electrons. The van der Waals surface area contributed by atoms with Crippen molar-refractivity contribution in [3.8, 4) is 0 Å². The standard InChI is InChI=1S/C24H22F3N5O5S/c25-14-8-15(26)10-16(9-14)38(35,36)32-6-4-19-17(11-32)22(31-30-19)29-24(34)21-18(27)2-1-3-20(21)28-23(33)13-5-7-37-12-13/h1-3,8-10,13H,4-7,11-12H2,(H,28,33)(H2,29,30,31,34). The average molecular weight is 550 g/mol. The van der Waals surface area contributed by atoms with E-state index in [9.17, 15) is 31.2 Å². The van der Waals surface area contributed by atoms with Crippen molar-refractivity contribution in [1.82, 2.24) is 14.5 Å².